The van der Waals surface area contributed by atoms with Crippen LogP contribution in [0, 0.1) is 13.8 Å². The van der Waals surface area contributed by atoms with Gasteiger partial charge in [-0.15, -0.1) is 11.8 Å². The molecule has 1 aliphatic rings. The average Bonchev–Trinajstić information content (AvgIpc) is 3.03. The summed E-state index contributed by atoms with van der Waals surface area (Å²) in [6.45, 7) is 6.89. The zero-order chi connectivity index (χ0) is 20.3. The number of amides is 1. The number of benzene rings is 1. The molecule has 1 aromatic carbocycles. The third-order valence-electron chi connectivity index (χ3n) is 4.48. The fourth-order valence-electron chi connectivity index (χ4n) is 3.01. The largest absolute Gasteiger partial charge is 0.383 e. The second-order valence-corrected chi connectivity index (χ2v) is 9.30. The first-order chi connectivity index (χ1) is 13.4. The number of carbonyl (C=O) groups is 1. The Kier molecular flexibility index (Phi) is 6.85. The van der Waals surface area contributed by atoms with Gasteiger partial charge in [0.2, 0.25) is 5.91 Å². The number of rotatable bonds is 7. The molecule has 0 spiro atoms. The van der Waals surface area contributed by atoms with Gasteiger partial charge in [0.25, 0.3) is 5.56 Å². The number of fused-ring (bicyclic) bond motifs is 1. The van der Waals surface area contributed by atoms with Crippen molar-refractivity contribution in [2.75, 3.05) is 24.8 Å². The number of thioether (sulfide) groups is 2. The number of aryl methyl sites for hydroxylation is 2. The molecule has 2 heterocycles. The molecule has 0 fully saturated rings. The van der Waals surface area contributed by atoms with Crippen molar-refractivity contribution in [1.29, 1.82) is 0 Å². The molecule has 1 N–H and O–H groups in total. The second kappa shape index (κ2) is 9.15. The zero-order valence-corrected chi connectivity index (χ0v) is 18.2. The smallest absolute Gasteiger partial charge is 0.268 e. The average molecular weight is 420 g/mol. The lowest BCUT2D eigenvalue weighted by Gasteiger charge is -2.13. The Bertz CT molecular complexity index is 943. The zero-order valence-electron chi connectivity index (χ0n) is 16.6. The van der Waals surface area contributed by atoms with Gasteiger partial charge in [0.1, 0.15) is 0 Å². The van der Waals surface area contributed by atoms with Crippen molar-refractivity contribution < 1.29 is 9.53 Å². The molecule has 1 atom stereocenters. The molecule has 0 aliphatic carbocycles. The van der Waals surface area contributed by atoms with E-state index in [0.717, 1.165) is 33.8 Å². The minimum absolute atomic E-state index is 0.0335. The van der Waals surface area contributed by atoms with Crippen LogP contribution in [-0.4, -0.2) is 40.2 Å². The quantitative estimate of drug-likeness (QED) is 0.548. The molecule has 1 aliphatic heterocycles. The van der Waals surface area contributed by atoms with Crippen molar-refractivity contribution in [3.8, 4) is 0 Å². The van der Waals surface area contributed by atoms with Crippen molar-refractivity contribution in [3.63, 3.8) is 0 Å². The normalized spacial score (nSPS) is 15.5. The van der Waals surface area contributed by atoms with Crippen molar-refractivity contribution in [2.45, 2.75) is 49.0 Å². The highest BCUT2D eigenvalue weighted by Gasteiger charge is 2.26. The number of aromatic nitrogens is 2. The number of nitrogens with one attached hydrogen (secondary N) is 1. The van der Waals surface area contributed by atoms with Gasteiger partial charge in [-0.2, -0.15) is 0 Å². The highest BCUT2D eigenvalue weighted by atomic mass is 32.2. The lowest BCUT2D eigenvalue weighted by molar-refractivity contribution is -0.113. The van der Waals surface area contributed by atoms with Crippen LogP contribution in [-0.2, 0) is 22.5 Å². The predicted octanol–water partition coefficient (Wildman–Crippen LogP) is 3.27. The minimum Gasteiger partial charge on any atom is -0.383 e. The number of anilines is 1. The third-order valence-corrected chi connectivity index (χ3v) is 6.67. The monoisotopic (exact) mass is 419 g/mol. The van der Waals surface area contributed by atoms with Crippen molar-refractivity contribution in [3.05, 3.63) is 45.4 Å². The summed E-state index contributed by atoms with van der Waals surface area (Å²) < 4.78 is 6.77. The molecule has 0 bridgehead atoms. The van der Waals surface area contributed by atoms with Crippen LogP contribution in [0.2, 0.25) is 0 Å². The lowest BCUT2D eigenvalue weighted by Crippen LogP contribution is -2.27. The van der Waals surface area contributed by atoms with Gasteiger partial charge in [-0.3, -0.25) is 14.2 Å². The summed E-state index contributed by atoms with van der Waals surface area (Å²) in [6.07, 6.45) is 0.780. The fraction of sp³-hybridized carbons (Fsp3) is 0.450. The first-order valence-electron chi connectivity index (χ1n) is 9.18. The lowest BCUT2D eigenvalue weighted by atomic mass is 10.1. The van der Waals surface area contributed by atoms with Gasteiger partial charge in [0, 0.05) is 24.5 Å². The summed E-state index contributed by atoms with van der Waals surface area (Å²) >= 11 is 2.87. The van der Waals surface area contributed by atoms with Gasteiger partial charge in [-0.1, -0.05) is 30.8 Å². The van der Waals surface area contributed by atoms with E-state index < -0.39 is 0 Å². The van der Waals surface area contributed by atoms with Gasteiger partial charge < -0.3 is 10.1 Å². The molecule has 1 aromatic heterocycles. The van der Waals surface area contributed by atoms with Crippen LogP contribution in [0.5, 0.6) is 0 Å². The maximum atomic E-state index is 12.9. The number of hydrogen-bond donors (Lipinski definition) is 1. The van der Waals surface area contributed by atoms with E-state index in [1.807, 2.05) is 32.0 Å². The highest BCUT2D eigenvalue weighted by Crippen LogP contribution is 2.34. The van der Waals surface area contributed by atoms with Crippen molar-refractivity contribution >= 4 is 35.1 Å². The third kappa shape index (κ3) is 4.79. The van der Waals surface area contributed by atoms with Gasteiger partial charge in [-0.25, -0.2) is 4.98 Å². The van der Waals surface area contributed by atoms with E-state index in [0.29, 0.717) is 23.6 Å². The number of methoxy groups -OCH3 is 1. The Morgan fingerprint density at radius 3 is 2.96 bits per heavy atom. The molecule has 1 amide bonds. The number of hydrogen-bond acceptors (Lipinski definition) is 6. The minimum atomic E-state index is -0.116. The first-order valence-corrected chi connectivity index (χ1v) is 11.0. The molecule has 0 radical (unpaired) electrons. The SMILES string of the molecule is COCCn1c(SCC(=O)Nc2cc(C)ccc2C)nc2c(c1=O)SC(C)C2. The van der Waals surface area contributed by atoms with Crippen LogP contribution in [0.15, 0.2) is 33.0 Å². The van der Waals surface area contributed by atoms with Crippen LogP contribution >= 0.6 is 23.5 Å². The predicted molar refractivity (Wildman–Crippen MR) is 115 cm³/mol. The van der Waals surface area contributed by atoms with E-state index >= 15 is 0 Å². The first kappa shape index (κ1) is 21.0. The second-order valence-electron chi connectivity index (χ2n) is 6.91. The van der Waals surface area contributed by atoms with Crippen LogP contribution in [0.4, 0.5) is 5.69 Å². The van der Waals surface area contributed by atoms with Crippen LogP contribution in [0.1, 0.15) is 23.7 Å². The molecular formula is C20H25N3O3S2. The molecule has 28 heavy (non-hydrogen) atoms. The van der Waals surface area contributed by atoms with Gasteiger partial charge >= 0.3 is 0 Å². The van der Waals surface area contributed by atoms with Crippen LogP contribution in [0.3, 0.4) is 0 Å². The molecule has 6 nitrogen and oxygen atoms in total. The maximum Gasteiger partial charge on any atom is 0.268 e. The summed E-state index contributed by atoms with van der Waals surface area (Å²) in [5.41, 5.74) is 3.73. The van der Waals surface area contributed by atoms with Crippen molar-refractivity contribution in [1.82, 2.24) is 9.55 Å². The summed E-state index contributed by atoms with van der Waals surface area (Å²) in [5, 5.41) is 3.88. The summed E-state index contributed by atoms with van der Waals surface area (Å²) in [4.78, 5) is 30.8. The molecule has 8 heteroatoms. The topological polar surface area (TPSA) is 73.2 Å². The van der Waals surface area contributed by atoms with E-state index in [1.165, 1.54) is 11.8 Å². The van der Waals surface area contributed by atoms with Crippen molar-refractivity contribution in [2.24, 2.45) is 0 Å². The molecule has 3 rings (SSSR count). The van der Waals surface area contributed by atoms with E-state index in [2.05, 4.69) is 12.2 Å². The Balaban J connectivity index is 1.77. The molecule has 150 valence electrons. The number of ether oxygens (including phenoxy) is 1. The molecular weight excluding hydrogens is 394 g/mol. The van der Waals surface area contributed by atoms with Crippen LogP contribution in [0.25, 0.3) is 0 Å². The summed E-state index contributed by atoms with van der Waals surface area (Å²) in [6, 6.07) is 5.96. The molecule has 0 saturated heterocycles. The molecule has 1 unspecified atom stereocenters. The number of nitrogens with zero attached hydrogens (tertiary/aromatic N) is 2. The van der Waals surface area contributed by atoms with Gasteiger partial charge in [0.05, 0.1) is 29.5 Å². The van der Waals surface area contributed by atoms with E-state index in [-0.39, 0.29) is 17.2 Å². The Morgan fingerprint density at radius 1 is 1.43 bits per heavy atom. The Morgan fingerprint density at radius 2 is 2.21 bits per heavy atom. The highest BCUT2D eigenvalue weighted by molar-refractivity contribution is 8.00. The maximum absolute atomic E-state index is 12.9. The van der Waals surface area contributed by atoms with Gasteiger partial charge in [-0.05, 0) is 31.0 Å². The van der Waals surface area contributed by atoms with Crippen LogP contribution < -0.4 is 10.9 Å². The Hall–Kier alpha value is -1.77. The number of carbonyl (C=O) groups excluding carboxylic acids is 1. The molecule has 2 aromatic rings. The standard InChI is InChI=1S/C20H25N3O3S2/c1-12-5-6-13(2)15(9-12)21-17(24)11-27-20-22-16-10-14(3)28-18(16)19(25)23(20)7-8-26-4/h5-6,9,14H,7-8,10-11H2,1-4H3,(H,21,24). The Labute approximate surface area is 173 Å². The van der Waals surface area contributed by atoms with Gasteiger partial charge in [0.15, 0.2) is 5.16 Å². The van der Waals surface area contributed by atoms with E-state index in [4.69, 9.17) is 9.72 Å². The fourth-order valence-corrected chi connectivity index (χ4v) is 4.96. The van der Waals surface area contributed by atoms with E-state index in [1.54, 1.807) is 23.4 Å². The summed E-state index contributed by atoms with van der Waals surface area (Å²) in [5.74, 6) is 0.0726. The summed E-state index contributed by atoms with van der Waals surface area (Å²) in [7, 11) is 1.60. The molecule has 0 saturated carbocycles. The van der Waals surface area contributed by atoms with E-state index in [9.17, 15) is 9.59 Å².